The first kappa shape index (κ1) is 35.3. The monoisotopic (exact) mass is 702 g/mol. The Balaban J connectivity index is 0.983. The van der Waals surface area contributed by atoms with Crippen molar-refractivity contribution < 1.29 is 38.1 Å². The lowest BCUT2D eigenvalue weighted by Gasteiger charge is -2.12. The van der Waals surface area contributed by atoms with E-state index in [1.54, 1.807) is 91.0 Å². The maximum Gasteiger partial charge on any atom is 0.267 e. The SMILES string of the molecule is O=C(NCCCCCCNC(=O)/C(=C/NC(=O)c1ccccc1)c1ccc2c(c1)OCO2)/C(=C/c1ccc2c(c1)OCO2)NC(=O)c1ccccc1. The third-order valence-electron chi connectivity index (χ3n) is 8.22. The largest absolute Gasteiger partial charge is 0.454 e. The highest BCUT2D eigenvalue weighted by Gasteiger charge is 2.20. The second-order valence-corrected chi connectivity index (χ2v) is 11.9. The lowest BCUT2D eigenvalue weighted by atomic mass is 10.0. The zero-order valence-electron chi connectivity index (χ0n) is 28.3. The van der Waals surface area contributed by atoms with E-state index in [1.807, 2.05) is 12.1 Å². The van der Waals surface area contributed by atoms with Gasteiger partial charge in [0.05, 0.1) is 5.57 Å². The number of unbranched alkanes of at least 4 members (excludes halogenated alkanes) is 3. The van der Waals surface area contributed by atoms with E-state index in [9.17, 15) is 19.2 Å². The molecule has 0 radical (unpaired) electrons. The van der Waals surface area contributed by atoms with Gasteiger partial charge in [-0.1, -0.05) is 61.4 Å². The minimum absolute atomic E-state index is 0.0988. The molecule has 0 aromatic heterocycles. The van der Waals surface area contributed by atoms with Crippen LogP contribution in [0.1, 0.15) is 57.5 Å². The normalized spacial score (nSPS) is 12.9. The van der Waals surface area contributed by atoms with Gasteiger partial charge in [-0.2, -0.15) is 0 Å². The second-order valence-electron chi connectivity index (χ2n) is 11.9. The Bertz CT molecular complexity index is 1980. The quantitative estimate of drug-likeness (QED) is 0.0977. The number of nitrogens with one attached hydrogen (secondary N) is 4. The molecule has 52 heavy (non-hydrogen) atoms. The molecule has 0 aliphatic carbocycles. The van der Waals surface area contributed by atoms with E-state index in [-0.39, 0.29) is 36.7 Å². The Morgan fingerprint density at radius 1 is 0.558 bits per heavy atom. The predicted octanol–water partition coefficient (Wildman–Crippen LogP) is 5.18. The molecule has 0 fully saturated rings. The third-order valence-corrected chi connectivity index (χ3v) is 8.22. The maximum absolute atomic E-state index is 13.3. The molecule has 0 spiro atoms. The number of rotatable bonds is 15. The zero-order chi connectivity index (χ0) is 36.1. The number of hydrogen-bond acceptors (Lipinski definition) is 8. The van der Waals surface area contributed by atoms with Gasteiger partial charge in [-0.3, -0.25) is 19.2 Å². The van der Waals surface area contributed by atoms with Crippen molar-refractivity contribution in [2.24, 2.45) is 0 Å². The van der Waals surface area contributed by atoms with Crippen LogP contribution in [0.4, 0.5) is 0 Å². The van der Waals surface area contributed by atoms with E-state index in [2.05, 4.69) is 21.3 Å². The minimum Gasteiger partial charge on any atom is -0.454 e. The van der Waals surface area contributed by atoms with Gasteiger partial charge in [0.25, 0.3) is 23.6 Å². The summed E-state index contributed by atoms with van der Waals surface area (Å²) in [5.41, 5.74) is 2.50. The van der Waals surface area contributed by atoms with Crippen molar-refractivity contribution in [1.82, 2.24) is 21.3 Å². The molecule has 6 rings (SSSR count). The summed E-state index contributed by atoms with van der Waals surface area (Å²) < 4.78 is 21.7. The van der Waals surface area contributed by atoms with E-state index >= 15 is 0 Å². The number of carbonyl (C=O) groups excluding carboxylic acids is 4. The molecule has 2 aliphatic rings. The van der Waals surface area contributed by atoms with Crippen LogP contribution in [0, 0.1) is 0 Å². The number of fused-ring (bicyclic) bond motifs is 2. The summed E-state index contributed by atoms with van der Waals surface area (Å²) in [5.74, 6) is 0.774. The number of hydrogen-bond donors (Lipinski definition) is 4. The number of amides is 4. The molecule has 12 nitrogen and oxygen atoms in total. The molecule has 0 saturated heterocycles. The fraction of sp³-hybridized carbons (Fsp3) is 0.200. The molecule has 4 amide bonds. The van der Waals surface area contributed by atoms with Crippen LogP contribution >= 0.6 is 0 Å². The van der Waals surface area contributed by atoms with Gasteiger partial charge in [0.15, 0.2) is 23.0 Å². The van der Waals surface area contributed by atoms with Gasteiger partial charge >= 0.3 is 0 Å². The molecule has 266 valence electrons. The highest BCUT2D eigenvalue weighted by molar-refractivity contribution is 6.20. The molecule has 12 heteroatoms. The van der Waals surface area contributed by atoms with E-state index in [4.69, 9.17) is 18.9 Å². The Kier molecular flexibility index (Phi) is 11.8. The summed E-state index contributed by atoms with van der Waals surface area (Å²) in [6.45, 7) is 1.03. The van der Waals surface area contributed by atoms with Crippen molar-refractivity contribution >= 4 is 35.3 Å². The van der Waals surface area contributed by atoms with Gasteiger partial charge in [0.2, 0.25) is 13.6 Å². The average Bonchev–Trinajstić information content (AvgIpc) is 3.85. The first-order valence-corrected chi connectivity index (χ1v) is 16.9. The summed E-state index contributed by atoms with van der Waals surface area (Å²) in [6, 6.07) is 27.9. The van der Waals surface area contributed by atoms with Crippen molar-refractivity contribution in [2.75, 3.05) is 26.7 Å². The molecule has 2 heterocycles. The minimum atomic E-state index is -0.420. The summed E-state index contributed by atoms with van der Waals surface area (Å²) in [4.78, 5) is 52.2. The van der Waals surface area contributed by atoms with Gasteiger partial charge < -0.3 is 40.2 Å². The van der Waals surface area contributed by atoms with Crippen molar-refractivity contribution in [2.45, 2.75) is 25.7 Å². The lowest BCUT2D eigenvalue weighted by molar-refractivity contribution is -0.118. The number of ether oxygens (including phenoxy) is 4. The molecular weight excluding hydrogens is 664 g/mol. The topological polar surface area (TPSA) is 153 Å². The maximum atomic E-state index is 13.3. The standard InChI is InChI=1S/C40H38N4O8/c45-37(28-11-5-3-6-12-28)43-24-31(30-16-18-34-36(23-30)52-26-50-34)39(47)41-19-9-1-2-10-20-42-40(48)32(44-38(46)29-13-7-4-8-14-29)21-27-15-17-33-35(22-27)51-25-49-33/h3-8,11-18,21-24H,1-2,9-10,19-20,25-26H2,(H,41,47)(H,42,48)(H,43,45)(H,44,46)/b31-24+,32-21-. The van der Waals surface area contributed by atoms with Gasteiger partial charge in [-0.15, -0.1) is 0 Å². The van der Waals surface area contributed by atoms with Crippen LogP contribution < -0.4 is 40.2 Å². The first-order valence-electron chi connectivity index (χ1n) is 16.9. The fourth-order valence-corrected chi connectivity index (χ4v) is 5.46. The van der Waals surface area contributed by atoms with Crippen molar-refractivity contribution in [3.63, 3.8) is 0 Å². The number of carbonyl (C=O) groups is 4. The van der Waals surface area contributed by atoms with Gasteiger partial charge in [0.1, 0.15) is 5.70 Å². The van der Waals surface area contributed by atoms with Crippen LogP contribution in [0.25, 0.3) is 11.6 Å². The van der Waals surface area contributed by atoms with Crippen LogP contribution in [-0.2, 0) is 9.59 Å². The highest BCUT2D eigenvalue weighted by Crippen LogP contribution is 2.35. The number of benzene rings is 4. The fourth-order valence-electron chi connectivity index (χ4n) is 5.46. The van der Waals surface area contributed by atoms with Crippen LogP contribution in [-0.4, -0.2) is 50.3 Å². The van der Waals surface area contributed by atoms with E-state index in [0.29, 0.717) is 71.2 Å². The van der Waals surface area contributed by atoms with Gasteiger partial charge in [-0.25, -0.2) is 0 Å². The molecule has 4 aromatic carbocycles. The highest BCUT2D eigenvalue weighted by atomic mass is 16.7. The van der Waals surface area contributed by atoms with Crippen molar-refractivity contribution in [3.05, 3.63) is 131 Å². The predicted molar refractivity (Wildman–Crippen MR) is 193 cm³/mol. The van der Waals surface area contributed by atoms with Gasteiger partial charge in [0, 0.05) is 30.4 Å². The summed E-state index contributed by atoms with van der Waals surface area (Å²) in [7, 11) is 0. The van der Waals surface area contributed by atoms with Crippen LogP contribution in [0.3, 0.4) is 0 Å². The lowest BCUT2D eigenvalue weighted by Crippen LogP contribution is -2.35. The smallest absolute Gasteiger partial charge is 0.267 e. The molecule has 4 aromatic rings. The molecule has 0 atom stereocenters. The van der Waals surface area contributed by atoms with Crippen molar-refractivity contribution in [3.8, 4) is 23.0 Å². The molecular formula is C40H38N4O8. The Labute approximate surface area is 300 Å². The summed E-state index contributed by atoms with van der Waals surface area (Å²) in [5, 5.41) is 11.3. The van der Waals surface area contributed by atoms with Crippen LogP contribution in [0.5, 0.6) is 23.0 Å². The first-order chi connectivity index (χ1) is 25.4. The van der Waals surface area contributed by atoms with E-state index in [0.717, 1.165) is 12.8 Å². The molecule has 0 saturated carbocycles. The van der Waals surface area contributed by atoms with Crippen LogP contribution in [0.15, 0.2) is 109 Å². The Morgan fingerprint density at radius 2 is 1.12 bits per heavy atom. The second kappa shape index (κ2) is 17.4. The molecule has 2 aliphatic heterocycles. The summed E-state index contributed by atoms with van der Waals surface area (Å²) >= 11 is 0. The zero-order valence-corrected chi connectivity index (χ0v) is 28.3. The van der Waals surface area contributed by atoms with Crippen molar-refractivity contribution in [1.29, 1.82) is 0 Å². The van der Waals surface area contributed by atoms with E-state index in [1.165, 1.54) is 6.20 Å². The van der Waals surface area contributed by atoms with E-state index < -0.39 is 11.8 Å². The summed E-state index contributed by atoms with van der Waals surface area (Å²) in [6.07, 6.45) is 5.99. The Morgan fingerprint density at radius 3 is 1.77 bits per heavy atom. The third kappa shape index (κ3) is 9.36. The van der Waals surface area contributed by atoms with Gasteiger partial charge in [-0.05, 0) is 78.6 Å². The van der Waals surface area contributed by atoms with Crippen LogP contribution in [0.2, 0.25) is 0 Å². The molecule has 0 bridgehead atoms. The average molecular weight is 703 g/mol. The Hall–Kier alpha value is -6.56. The molecule has 4 N–H and O–H groups in total. The molecule has 0 unspecified atom stereocenters.